The van der Waals surface area contributed by atoms with E-state index < -0.39 is 0 Å². The molecular formula is C14H30N2O3. The highest BCUT2D eigenvalue weighted by atomic mass is 16.5. The Kier molecular flexibility index (Phi) is 9.38. The van der Waals surface area contributed by atoms with Gasteiger partial charge >= 0.3 is 0 Å². The molecule has 114 valence electrons. The van der Waals surface area contributed by atoms with Gasteiger partial charge in [0.25, 0.3) is 0 Å². The summed E-state index contributed by atoms with van der Waals surface area (Å²) in [7, 11) is 3.87. The van der Waals surface area contributed by atoms with Crippen LogP contribution in [0.2, 0.25) is 0 Å². The molecule has 1 aliphatic rings. The number of nitrogens with one attached hydrogen (secondary N) is 1. The van der Waals surface area contributed by atoms with Crippen molar-refractivity contribution in [2.75, 3.05) is 66.8 Å². The Hall–Kier alpha value is -0.200. The molecule has 1 fully saturated rings. The fourth-order valence-electron chi connectivity index (χ4n) is 2.44. The zero-order chi connectivity index (χ0) is 13.9. The van der Waals surface area contributed by atoms with E-state index in [0.29, 0.717) is 32.5 Å². The molecule has 19 heavy (non-hydrogen) atoms. The minimum absolute atomic E-state index is 0.637. The molecule has 5 nitrogen and oxygen atoms in total. The number of rotatable bonds is 10. The van der Waals surface area contributed by atoms with Gasteiger partial charge < -0.3 is 24.4 Å². The monoisotopic (exact) mass is 274 g/mol. The molecule has 1 saturated heterocycles. The Morgan fingerprint density at radius 3 is 2.47 bits per heavy atom. The predicted octanol–water partition coefficient (Wildman–Crippen LogP) is 0.596. The van der Waals surface area contributed by atoms with E-state index in [4.69, 9.17) is 14.2 Å². The molecule has 2 atom stereocenters. The molecule has 1 heterocycles. The number of ether oxygens (including phenoxy) is 3. The van der Waals surface area contributed by atoms with Crippen LogP contribution in [0.1, 0.15) is 13.3 Å². The molecule has 0 amide bonds. The van der Waals surface area contributed by atoms with E-state index in [-0.39, 0.29) is 0 Å². The van der Waals surface area contributed by atoms with E-state index in [1.807, 2.05) is 0 Å². The standard InChI is InChI=1S/C14H30N2O3/c1-13-12-16(2)6-4-14(13)15-5-7-18-10-11-19-9-8-17-3/h13-15H,4-12H2,1-3H3. The third-order valence-electron chi connectivity index (χ3n) is 3.57. The van der Waals surface area contributed by atoms with Crippen molar-refractivity contribution in [3.63, 3.8) is 0 Å². The molecule has 0 aliphatic carbocycles. The Labute approximate surface area is 117 Å². The van der Waals surface area contributed by atoms with Crippen LogP contribution in [-0.4, -0.2) is 77.8 Å². The van der Waals surface area contributed by atoms with Crippen molar-refractivity contribution < 1.29 is 14.2 Å². The van der Waals surface area contributed by atoms with Crippen LogP contribution < -0.4 is 5.32 Å². The van der Waals surface area contributed by atoms with Gasteiger partial charge in [-0.1, -0.05) is 6.92 Å². The highest BCUT2D eigenvalue weighted by Gasteiger charge is 2.23. The van der Waals surface area contributed by atoms with Crippen LogP contribution in [-0.2, 0) is 14.2 Å². The van der Waals surface area contributed by atoms with Crippen LogP contribution in [0.3, 0.4) is 0 Å². The largest absolute Gasteiger partial charge is 0.382 e. The first-order valence-corrected chi connectivity index (χ1v) is 7.30. The van der Waals surface area contributed by atoms with Crippen LogP contribution >= 0.6 is 0 Å². The molecule has 1 rings (SSSR count). The van der Waals surface area contributed by atoms with E-state index in [1.165, 1.54) is 19.5 Å². The van der Waals surface area contributed by atoms with Crippen molar-refractivity contribution in [1.82, 2.24) is 10.2 Å². The average molecular weight is 274 g/mol. The highest BCUT2D eigenvalue weighted by molar-refractivity contribution is 4.81. The van der Waals surface area contributed by atoms with Gasteiger partial charge in [0.2, 0.25) is 0 Å². The first-order valence-electron chi connectivity index (χ1n) is 7.30. The smallest absolute Gasteiger partial charge is 0.0701 e. The minimum Gasteiger partial charge on any atom is -0.382 e. The van der Waals surface area contributed by atoms with Crippen molar-refractivity contribution in [3.8, 4) is 0 Å². The summed E-state index contributed by atoms with van der Waals surface area (Å²) in [5.74, 6) is 0.719. The molecule has 0 saturated carbocycles. The molecule has 2 unspecified atom stereocenters. The zero-order valence-corrected chi connectivity index (χ0v) is 12.7. The topological polar surface area (TPSA) is 43.0 Å². The molecule has 1 N–H and O–H groups in total. The Morgan fingerprint density at radius 2 is 1.79 bits per heavy atom. The first-order chi connectivity index (χ1) is 9.24. The maximum atomic E-state index is 5.52. The van der Waals surface area contributed by atoms with Crippen LogP contribution in [0.5, 0.6) is 0 Å². The summed E-state index contributed by atoms with van der Waals surface area (Å²) >= 11 is 0. The lowest BCUT2D eigenvalue weighted by Gasteiger charge is -2.35. The van der Waals surface area contributed by atoms with Gasteiger partial charge in [0.15, 0.2) is 0 Å². The molecule has 0 aromatic carbocycles. The summed E-state index contributed by atoms with van der Waals surface area (Å²) in [6, 6.07) is 0.637. The predicted molar refractivity (Wildman–Crippen MR) is 76.6 cm³/mol. The second kappa shape index (κ2) is 10.6. The van der Waals surface area contributed by atoms with Crippen molar-refractivity contribution in [2.45, 2.75) is 19.4 Å². The van der Waals surface area contributed by atoms with Gasteiger partial charge in [-0.3, -0.25) is 0 Å². The van der Waals surface area contributed by atoms with Crippen LogP contribution in [0.4, 0.5) is 0 Å². The van der Waals surface area contributed by atoms with Crippen LogP contribution in [0.15, 0.2) is 0 Å². The molecule has 0 spiro atoms. The maximum absolute atomic E-state index is 5.52. The van der Waals surface area contributed by atoms with Gasteiger partial charge in [-0.2, -0.15) is 0 Å². The van der Waals surface area contributed by atoms with Gasteiger partial charge in [-0.05, 0) is 25.9 Å². The van der Waals surface area contributed by atoms with Gasteiger partial charge in [-0.25, -0.2) is 0 Å². The van der Waals surface area contributed by atoms with E-state index in [0.717, 1.165) is 19.1 Å². The van der Waals surface area contributed by atoms with Gasteiger partial charge in [0, 0.05) is 26.2 Å². The van der Waals surface area contributed by atoms with Crippen LogP contribution in [0.25, 0.3) is 0 Å². The number of hydrogen-bond donors (Lipinski definition) is 1. The normalized spacial score (nSPS) is 24.8. The number of hydrogen-bond acceptors (Lipinski definition) is 5. The Bertz CT molecular complexity index is 217. The first kappa shape index (κ1) is 16.9. The second-order valence-corrected chi connectivity index (χ2v) is 5.31. The number of likely N-dealkylation sites (tertiary alicyclic amines) is 1. The quantitative estimate of drug-likeness (QED) is 0.591. The van der Waals surface area contributed by atoms with Crippen molar-refractivity contribution >= 4 is 0 Å². The summed E-state index contributed by atoms with van der Waals surface area (Å²) < 4.78 is 15.7. The van der Waals surface area contributed by atoms with Crippen LogP contribution in [0, 0.1) is 5.92 Å². The molecule has 0 radical (unpaired) electrons. The highest BCUT2D eigenvalue weighted by Crippen LogP contribution is 2.14. The Morgan fingerprint density at radius 1 is 1.11 bits per heavy atom. The molecule has 1 aliphatic heterocycles. The SMILES string of the molecule is COCCOCCOCCNC1CCN(C)CC1C. The summed E-state index contributed by atoms with van der Waals surface area (Å²) in [4.78, 5) is 2.40. The maximum Gasteiger partial charge on any atom is 0.0701 e. The molecule has 5 heteroatoms. The summed E-state index contributed by atoms with van der Waals surface area (Å²) in [6.45, 7) is 8.98. The summed E-state index contributed by atoms with van der Waals surface area (Å²) in [6.07, 6.45) is 1.23. The van der Waals surface area contributed by atoms with Gasteiger partial charge in [0.05, 0.1) is 33.0 Å². The average Bonchev–Trinajstić information content (AvgIpc) is 2.39. The summed E-state index contributed by atoms with van der Waals surface area (Å²) in [5, 5.41) is 3.59. The van der Waals surface area contributed by atoms with Crippen molar-refractivity contribution in [1.29, 1.82) is 0 Å². The van der Waals surface area contributed by atoms with Crippen molar-refractivity contribution in [2.24, 2.45) is 5.92 Å². The summed E-state index contributed by atoms with van der Waals surface area (Å²) in [5.41, 5.74) is 0. The number of methoxy groups -OCH3 is 1. The number of piperidine rings is 1. The third kappa shape index (κ3) is 7.84. The number of nitrogens with zero attached hydrogens (tertiary/aromatic N) is 1. The lowest BCUT2D eigenvalue weighted by Crippen LogP contribution is -2.47. The van der Waals surface area contributed by atoms with Gasteiger partial charge in [0.1, 0.15) is 0 Å². The fourth-order valence-corrected chi connectivity index (χ4v) is 2.44. The van der Waals surface area contributed by atoms with Crippen molar-refractivity contribution in [3.05, 3.63) is 0 Å². The van der Waals surface area contributed by atoms with E-state index in [2.05, 4.69) is 24.2 Å². The lowest BCUT2D eigenvalue weighted by molar-refractivity contribution is 0.0244. The minimum atomic E-state index is 0.637. The molecule has 0 aromatic rings. The molecule has 0 aromatic heterocycles. The lowest BCUT2D eigenvalue weighted by atomic mass is 9.94. The third-order valence-corrected chi connectivity index (χ3v) is 3.57. The Balaban J connectivity index is 1.88. The fraction of sp³-hybridized carbons (Fsp3) is 1.00. The van der Waals surface area contributed by atoms with E-state index >= 15 is 0 Å². The van der Waals surface area contributed by atoms with Gasteiger partial charge in [-0.15, -0.1) is 0 Å². The van der Waals surface area contributed by atoms with E-state index in [9.17, 15) is 0 Å². The zero-order valence-electron chi connectivity index (χ0n) is 12.7. The second-order valence-electron chi connectivity index (χ2n) is 5.31. The molecular weight excluding hydrogens is 244 g/mol. The molecule has 0 bridgehead atoms. The van der Waals surface area contributed by atoms with E-state index in [1.54, 1.807) is 7.11 Å².